The quantitative estimate of drug-likeness (QED) is 0.743. The van der Waals surface area contributed by atoms with Crippen molar-refractivity contribution < 1.29 is 27.5 Å². The first-order valence-corrected chi connectivity index (χ1v) is 4.41. The minimum Gasteiger partial charge on any atom is -0.464 e. The van der Waals surface area contributed by atoms with E-state index in [1.54, 1.807) is 0 Å². The minimum absolute atomic E-state index is 0.191. The molecule has 0 saturated carbocycles. The summed E-state index contributed by atoms with van der Waals surface area (Å²) in [6, 6.07) is -3.65. The van der Waals surface area contributed by atoms with E-state index >= 15 is 0 Å². The van der Waals surface area contributed by atoms with Gasteiger partial charge in [0.25, 0.3) is 0 Å². The van der Waals surface area contributed by atoms with E-state index in [4.69, 9.17) is 0 Å². The summed E-state index contributed by atoms with van der Waals surface area (Å²) in [6.45, 7) is 1.18. The fourth-order valence-corrected chi connectivity index (χ4v) is 0.753. The SMILES string of the molecule is CCOC(=O)C(NC(=O)N(C)C)C(F)(F)F. The molecule has 0 aliphatic heterocycles. The van der Waals surface area contributed by atoms with Crippen molar-refractivity contribution in [3.63, 3.8) is 0 Å². The lowest BCUT2D eigenvalue weighted by molar-refractivity contribution is -0.182. The normalized spacial score (nSPS) is 12.9. The average molecular weight is 242 g/mol. The minimum atomic E-state index is -4.88. The maximum atomic E-state index is 12.4. The first-order chi connectivity index (χ1) is 7.20. The van der Waals surface area contributed by atoms with Crippen molar-refractivity contribution in [2.45, 2.75) is 19.1 Å². The molecule has 1 N–H and O–H groups in total. The second-order valence-corrected chi connectivity index (χ2v) is 3.07. The Morgan fingerprint density at radius 1 is 1.38 bits per heavy atom. The lowest BCUT2D eigenvalue weighted by atomic mass is 10.3. The maximum Gasteiger partial charge on any atom is 0.419 e. The molecule has 16 heavy (non-hydrogen) atoms. The van der Waals surface area contributed by atoms with Crippen molar-refractivity contribution in [1.82, 2.24) is 10.2 Å². The molecule has 1 atom stereocenters. The number of hydrogen-bond donors (Lipinski definition) is 1. The van der Waals surface area contributed by atoms with Gasteiger partial charge in [0.05, 0.1) is 6.61 Å². The molecule has 0 aliphatic rings. The highest BCUT2D eigenvalue weighted by Gasteiger charge is 2.47. The maximum absolute atomic E-state index is 12.4. The number of carbonyl (C=O) groups excluding carboxylic acids is 2. The third-order valence-electron chi connectivity index (χ3n) is 1.52. The van der Waals surface area contributed by atoms with Gasteiger partial charge in [-0.3, -0.25) is 0 Å². The fourth-order valence-electron chi connectivity index (χ4n) is 0.753. The Labute approximate surface area is 90.5 Å². The van der Waals surface area contributed by atoms with Crippen molar-refractivity contribution >= 4 is 12.0 Å². The number of rotatable bonds is 3. The molecule has 0 saturated heterocycles. The number of nitrogens with one attached hydrogen (secondary N) is 1. The average Bonchev–Trinajstić information content (AvgIpc) is 2.11. The van der Waals surface area contributed by atoms with Crippen LogP contribution in [-0.2, 0) is 9.53 Å². The number of urea groups is 1. The highest BCUT2D eigenvalue weighted by molar-refractivity contribution is 5.84. The third kappa shape index (κ3) is 4.37. The fraction of sp³-hybridized carbons (Fsp3) is 0.750. The zero-order valence-corrected chi connectivity index (χ0v) is 9.09. The van der Waals surface area contributed by atoms with Crippen molar-refractivity contribution in [1.29, 1.82) is 0 Å². The van der Waals surface area contributed by atoms with Crippen LogP contribution in [0, 0.1) is 0 Å². The Balaban J connectivity index is 4.70. The first-order valence-electron chi connectivity index (χ1n) is 4.41. The standard InChI is InChI=1S/C8H13F3N2O3/c1-4-16-6(14)5(8(9,10)11)12-7(15)13(2)3/h5H,4H2,1-3H3,(H,12,15). The van der Waals surface area contributed by atoms with Crippen molar-refractivity contribution in [3.05, 3.63) is 0 Å². The van der Waals surface area contributed by atoms with Crippen molar-refractivity contribution in [2.24, 2.45) is 0 Å². The second-order valence-electron chi connectivity index (χ2n) is 3.07. The molecule has 0 heterocycles. The van der Waals surface area contributed by atoms with Gasteiger partial charge in [-0.15, -0.1) is 0 Å². The lowest BCUT2D eigenvalue weighted by Gasteiger charge is -2.21. The number of amides is 2. The molecule has 5 nitrogen and oxygen atoms in total. The van der Waals surface area contributed by atoms with Crippen LogP contribution in [0.15, 0.2) is 0 Å². The first kappa shape index (κ1) is 14.5. The number of ether oxygens (including phenoxy) is 1. The largest absolute Gasteiger partial charge is 0.464 e. The summed E-state index contributed by atoms with van der Waals surface area (Å²) < 4.78 is 41.4. The Hall–Kier alpha value is -1.47. The zero-order valence-electron chi connectivity index (χ0n) is 9.09. The van der Waals surface area contributed by atoms with Gasteiger partial charge in [0, 0.05) is 14.1 Å². The van der Waals surface area contributed by atoms with Gasteiger partial charge in [-0.2, -0.15) is 13.2 Å². The molecule has 0 radical (unpaired) electrons. The van der Waals surface area contributed by atoms with Gasteiger partial charge in [0.15, 0.2) is 0 Å². The van der Waals surface area contributed by atoms with Gasteiger partial charge >= 0.3 is 18.2 Å². The van der Waals surface area contributed by atoms with Gasteiger partial charge in [0.2, 0.25) is 6.04 Å². The molecule has 0 aromatic heterocycles. The Bertz CT molecular complexity index is 266. The van der Waals surface area contributed by atoms with Crippen LogP contribution in [0.5, 0.6) is 0 Å². The number of hydrogen-bond acceptors (Lipinski definition) is 3. The predicted octanol–water partition coefficient (Wildman–Crippen LogP) is 0.752. The molecule has 0 aromatic rings. The van der Waals surface area contributed by atoms with Crippen LogP contribution in [0.2, 0.25) is 0 Å². The number of carbonyl (C=O) groups is 2. The predicted molar refractivity (Wildman–Crippen MR) is 48.7 cm³/mol. The number of nitrogens with zero attached hydrogens (tertiary/aromatic N) is 1. The Kier molecular flexibility index (Phi) is 5.06. The van der Waals surface area contributed by atoms with Crippen LogP contribution in [0.4, 0.5) is 18.0 Å². The number of esters is 1. The molecular formula is C8H13F3N2O3. The second kappa shape index (κ2) is 5.57. The molecule has 94 valence electrons. The summed E-state index contributed by atoms with van der Waals surface area (Å²) >= 11 is 0. The van der Waals surface area contributed by atoms with E-state index in [1.165, 1.54) is 26.3 Å². The van der Waals surface area contributed by atoms with E-state index in [9.17, 15) is 22.8 Å². The number of halogens is 3. The summed E-state index contributed by atoms with van der Waals surface area (Å²) in [5, 5.41) is 1.53. The van der Waals surface area contributed by atoms with E-state index in [1.807, 2.05) is 0 Å². The lowest BCUT2D eigenvalue weighted by Crippen LogP contribution is -2.53. The molecule has 0 aliphatic carbocycles. The molecule has 2 amide bonds. The molecule has 8 heteroatoms. The Morgan fingerprint density at radius 2 is 1.88 bits per heavy atom. The van der Waals surface area contributed by atoms with Crippen LogP contribution in [0.25, 0.3) is 0 Å². The highest BCUT2D eigenvalue weighted by Crippen LogP contribution is 2.21. The van der Waals surface area contributed by atoms with Gasteiger partial charge in [-0.1, -0.05) is 0 Å². The smallest absolute Gasteiger partial charge is 0.419 e. The van der Waals surface area contributed by atoms with Crippen molar-refractivity contribution in [3.8, 4) is 0 Å². The summed E-state index contributed by atoms with van der Waals surface area (Å²) in [5.41, 5.74) is 0. The van der Waals surface area contributed by atoms with Gasteiger partial charge in [-0.05, 0) is 6.92 Å². The van der Waals surface area contributed by atoms with Gasteiger partial charge in [-0.25, -0.2) is 9.59 Å². The summed E-state index contributed by atoms with van der Waals surface area (Å²) in [6.07, 6.45) is -4.88. The van der Waals surface area contributed by atoms with E-state index in [2.05, 4.69) is 4.74 Å². The number of alkyl halides is 3. The highest BCUT2D eigenvalue weighted by atomic mass is 19.4. The molecular weight excluding hydrogens is 229 g/mol. The van der Waals surface area contributed by atoms with E-state index in [0.717, 1.165) is 4.90 Å². The van der Waals surface area contributed by atoms with Gasteiger partial charge in [0.1, 0.15) is 0 Å². The molecule has 0 spiro atoms. The van der Waals surface area contributed by atoms with Gasteiger partial charge < -0.3 is 15.0 Å². The molecule has 1 unspecified atom stereocenters. The Morgan fingerprint density at radius 3 is 2.19 bits per heavy atom. The zero-order chi connectivity index (χ0) is 12.9. The van der Waals surface area contributed by atoms with Crippen LogP contribution in [0.1, 0.15) is 6.92 Å². The molecule has 0 bridgehead atoms. The summed E-state index contributed by atoms with van der Waals surface area (Å²) in [4.78, 5) is 22.9. The monoisotopic (exact) mass is 242 g/mol. The van der Waals surface area contributed by atoms with E-state index in [0.29, 0.717) is 0 Å². The summed E-state index contributed by atoms with van der Waals surface area (Å²) in [5.74, 6) is -1.52. The molecule has 0 aromatic carbocycles. The summed E-state index contributed by atoms with van der Waals surface area (Å²) in [7, 11) is 2.52. The molecule has 0 rings (SSSR count). The van der Waals surface area contributed by atoms with Crippen LogP contribution in [0.3, 0.4) is 0 Å². The molecule has 0 fully saturated rings. The van der Waals surface area contributed by atoms with Crippen molar-refractivity contribution in [2.75, 3.05) is 20.7 Å². The third-order valence-corrected chi connectivity index (χ3v) is 1.52. The topological polar surface area (TPSA) is 58.6 Å². The van der Waals surface area contributed by atoms with Crippen LogP contribution >= 0.6 is 0 Å². The van der Waals surface area contributed by atoms with Crippen LogP contribution < -0.4 is 5.32 Å². The van der Waals surface area contributed by atoms with E-state index in [-0.39, 0.29) is 6.61 Å². The van der Waals surface area contributed by atoms with Crippen LogP contribution in [-0.4, -0.2) is 49.8 Å². The van der Waals surface area contributed by atoms with E-state index < -0.39 is 24.2 Å².